The molecule has 0 spiro atoms. The lowest BCUT2D eigenvalue weighted by Gasteiger charge is -2.51. The summed E-state index contributed by atoms with van der Waals surface area (Å²) in [5, 5.41) is 0. The molecule has 6 nitrogen and oxygen atoms in total. The normalized spacial score (nSPS) is 22.8. The van der Waals surface area contributed by atoms with Crippen molar-refractivity contribution in [3.8, 4) is 5.75 Å². The third-order valence-corrected chi connectivity index (χ3v) is 7.71. The number of sulfonamides is 1. The van der Waals surface area contributed by atoms with E-state index in [0.717, 1.165) is 16.4 Å². The Balaban J connectivity index is 1.53. The molecule has 3 aliphatic rings. The molecule has 0 aromatic heterocycles. The van der Waals surface area contributed by atoms with E-state index in [1.165, 1.54) is 24.3 Å². The van der Waals surface area contributed by atoms with E-state index in [1.807, 2.05) is 13.8 Å². The third kappa shape index (κ3) is 4.43. The van der Waals surface area contributed by atoms with E-state index in [9.17, 15) is 30.8 Å². The van der Waals surface area contributed by atoms with Crippen LogP contribution in [0.3, 0.4) is 0 Å². The summed E-state index contributed by atoms with van der Waals surface area (Å²) >= 11 is 0. The molecule has 2 aromatic carbocycles. The first-order valence-corrected chi connectivity index (χ1v) is 11.5. The van der Waals surface area contributed by atoms with Crippen molar-refractivity contribution in [2.45, 2.75) is 50.1 Å². The Morgan fingerprint density at radius 2 is 1.82 bits per heavy atom. The maximum Gasteiger partial charge on any atom is 0.416 e. The Labute approximate surface area is 188 Å². The van der Waals surface area contributed by atoms with Gasteiger partial charge < -0.3 is 9.47 Å². The molecule has 0 N–H and O–H groups in total. The third-order valence-electron chi connectivity index (χ3n) is 5.87. The van der Waals surface area contributed by atoms with Crippen LogP contribution in [0.15, 0.2) is 47.4 Å². The standard InChI is InChI=1S/C22H21F4NO5S/c1-21(2)10-16-11-27(19(21)20(28)32-16)33(29,30)17-6-4-15(5-7-17)31-12-13-9-14(23)3-8-18(13)22(24,25)26/h3-9,16,19H,10-12H2,1-2H3/t16-,19+/m1/s1. The minimum atomic E-state index is -4.67. The first-order chi connectivity index (χ1) is 15.3. The number of piperidine rings is 1. The first kappa shape index (κ1) is 23.5. The molecule has 3 saturated heterocycles. The van der Waals surface area contributed by atoms with Crippen LogP contribution in [0.4, 0.5) is 17.6 Å². The van der Waals surface area contributed by atoms with Gasteiger partial charge in [-0.3, -0.25) is 4.79 Å². The van der Waals surface area contributed by atoms with Crippen LogP contribution in [0.2, 0.25) is 0 Å². The van der Waals surface area contributed by atoms with E-state index < -0.39 is 57.7 Å². The molecule has 33 heavy (non-hydrogen) atoms. The molecule has 178 valence electrons. The number of esters is 1. The van der Waals surface area contributed by atoms with Gasteiger partial charge in [-0.1, -0.05) is 13.8 Å². The van der Waals surface area contributed by atoms with Gasteiger partial charge in [0.15, 0.2) is 0 Å². The van der Waals surface area contributed by atoms with E-state index >= 15 is 0 Å². The predicted molar refractivity (Wildman–Crippen MR) is 108 cm³/mol. The maximum atomic E-state index is 13.4. The molecule has 11 heteroatoms. The van der Waals surface area contributed by atoms with E-state index in [-0.39, 0.29) is 22.8 Å². The second kappa shape index (κ2) is 7.98. The highest BCUT2D eigenvalue weighted by Gasteiger charge is 2.56. The van der Waals surface area contributed by atoms with Crippen molar-refractivity contribution in [3.63, 3.8) is 0 Å². The molecule has 3 fully saturated rings. The van der Waals surface area contributed by atoms with Gasteiger partial charge >= 0.3 is 12.1 Å². The summed E-state index contributed by atoms with van der Waals surface area (Å²) < 4.78 is 91.0. The number of rotatable bonds is 5. The molecule has 0 unspecified atom stereocenters. The average Bonchev–Trinajstić information content (AvgIpc) is 2.70. The Kier molecular flexibility index (Phi) is 5.68. The summed E-state index contributed by atoms with van der Waals surface area (Å²) in [7, 11) is -4.03. The van der Waals surface area contributed by atoms with Crippen LogP contribution >= 0.6 is 0 Å². The number of alkyl halides is 3. The highest BCUT2D eigenvalue weighted by atomic mass is 32.2. The Morgan fingerprint density at radius 1 is 1.15 bits per heavy atom. The molecule has 3 heterocycles. The topological polar surface area (TPSA) is 72.9 Å². The Morgan fingerprint density at radius 3 is 2.39 bits per heavy atom. The summed E-state index contributed by atoms with van der Waals surface area (Å²) in [4.78, 5) is 12.2. The lowest BCUT2D eigenvalue weighted by Crippen LogP contribution is -2.66. The summed E-state index contributed by atoms with van der Waals surface area (Å²) in [6, 6.07) is 6.25. The van der Waals surface area contributed by atoms with Crippen LogP contribution < -0.4 is 4.74 Å². The molecular formula is C22H21F4NO5S. The van der Waals surface area contributed by atoms with E-state index in [4.69, 9.17) is 9.47 Å². The van der Waals surface area contributed by atoms with E-state index in [1.54, 1.807) is 0 Å². The van der Waals surface area contributed by atoms with Gasteiger partial charge in [0.2, 0.25) is 10.0 Å². The van der Waals surface area contributed by atoms with Gasteiger partial charge in [-0.2, -0.15) is 17.5 Å². The van der Waals surface area contributed by atoms with Gasteiger partial charge in [0.05, 0.1) is 17.0 Å². The van der Waals surface area contributed by atoms with Crippen LogP contribution in [0.5, 0.6) is 5.75 Å². The number of fused-ring (bicyclic) bond motifs is 3. The van der Waals surface area contributed by atoms with E-state index in [0.29, 0.717) is 12.5 Å². The van der Waals surface area contributed by atoms with Crippen molar-refractivity contribution in [2.24, 2.45) is 5.41 Å². The van der Waals surface area contributed by atoms with Crippen molar-refractivity contribution in [3.05, 3.63) is 59.4 Å². The smallest absolute Gasteiger partial charge is 0.416 e. The summed E-state index contributed by atoms with van der Waals surface area (Å²) in [6.07, 6.45) is -4.64. The van der Waals surface area contributed by atoms with Crippen LogP contribution in [-0.2, 0) is 32.3 Å². The number of hydrogen-bond acceptors (Lipinski definition) is 5. The number of benzene rings is 2. The number of hydrogen-bond donors (Lipinski definition) is 0. The number of carbonyl (C=O) groups is 1. The lowest BCUT2D eigenvalue weighted by atomic mass is 9.74. The van der Waals surface area contributed by atoms with Crippen molar-refractivity contribution in [1.82, 2.24) is 4.31 Å². The second-order valence-electron chi connectivity index (χ2n) is 8.79. The minimum Gasteiger partial charge on any atom is -0.489 e. The lowest BCUT2D eigenvalue weighted by molar-refractivity contribution is -0.183. The molecule has 2 aromatic rings. The second-order valence-corrected chi connectivity index (χ2v) is 10.7. The van der Waals surface area contributed by atoms with Crippen LogP contribution in [0.1, 0.15) is 31.4 Å². The molecule has 2 atom stereocenters. The van der Waals surface area contributed by atoms with Gasteiger partial charge in [-0.15, -0.1) is 0 Å². The highest BCUT2D eigenvalue weighted by molar-refractivity contribution is 7.89. The molecule has 0 amide bonds. The Bertz CT molecular complexity index is 1180. The SMILES string of the molecule is CC1(C)C[C@@H]2CN(S(=O)(=O)c3ccc(OCc4cc(F)ccc4C(F)(F)F)cc3)[C@H]1C(=O)O2. The average molecular weight is 487 g/mol. The first-order valence-electron chi connectivity index (χ1n) is 10.1. The molecule has 0 aliphatic carbocycles. The summed E-state index contributed by atoms with van der Waals surface area (Å²) in [5.41, 5.74) is -1.99. The van der Waals surface area contributed by atoms with Crippen molar-refractivity contribution < 1.29 is 40.2 Å². The van der Waals surface area contributed by atoms with Crippen molar-refractivity contribution in [1.29, 1.82) is 0 Å². The molecule has 0 saturated carbocycles. The number of nitrogens with zero attached hydrogens (tertiary/aromatic N) is 1. The van der Waals surface area contributed by atoms with Crippen molar-refractivity contribution >= 4 is 16.0 Å². The molecular weight excluding hydrogens is 466 g/mol. The van der Waals surface area contributed by atoms with Gasteiger partial charge in [-0.25, -0.2) is 12.8 Å². The zero-order valence-electron chi connectivity index (χ0n) is 17.7. The van der Waals surface area contributed by atoms with Crippen LogP contribution in [-0.4, -0.2) is 37.4 Å². The molecule has 2 bridgehead atoms. The maximum absolute atomic E-state index is 13.4. The molecule has 3 aliphatic heterocycles. The zero-order chi connectivity index (χ0) is 24.2. The summed E-state index contributed by atoms with van der Waals surface area (Å²) in [6.45, 7) is 3.12. The minimum absolute atomic E-state index is 0.0558. The molecule has 5 rings (SSSR count). The largest absolute Gasteiger partial charge is 0.489 e. The highest BCUT2D eigenvalue weighted by Crippen LogP contribution is 2.43. The van der Waals surface area contributed by atoms with E-state index in [2.05, 4.69) is 0 Å². The predicted octanol–water partition coefficient (Wildman–Crippen LogP) is 4.14. The zero-order valence-corrected chi connectivity index (χ0v) is 18.5. The Hall–Kier alpha value is -2.66. The number of carbonyl (C=O) groups excluding carboxylic acids is 1. The molecule has 0 radical (unpaired) electrons. The van der Waals surface area contributed by atoms with Crippen molar-refractivity contribution in [2.75, 3.05) is 6.54 Å². The van der Waals surface area contributed by atoms with Crippen LogP contribution in [0.25, 0.3) is 0 Å². The fraction of sp³-hybridized carbons (Fsp3) is 0.409. The monoisotopic (exact) mass is 487 g/mol. The quantitative estimate of drug-likeness (QED) is 0.468. The fourth-order valence-corrected chi connectivity index (χ4v) is 6.16. The number of morpholine rings is 1. The number of halogens is 4. The summed E-state index contributed by atoms with van der Waals surface area (Å²) in [5.74, 6) is -1.31. The van der Waals surface area contributed by atoms with Gasteiger partial charge in [0, 0.05) is 5.56 Å². The van der Waals surface area contributed by atoms with Gasteiger partial charge in [0.1, 0.15) is 30.3 Å². The van der Waals surface area contributed by atoms with Crippen LogP contribution in [0, 0.1) is 11.2 Å². The van der Waals surface area contributed by atoms with Gasteiger partial charge in [0.25, 0.3) is 0 Å². The number of ether oxygens (including phenoxy) is 2. The van der Waals surface area contributed by atoms with Gasteiger partial charge in [-0.05, 0) is 54.3 Å². The fourth-order valence-electron chi connectivity index (χ4n) is 4.40.